The van der Waals surface area contributed by atoms with Crippen molar-refractivity contribution >= 4 is 62.9 Å². The van der Waals surface area contributed by atoms with E-state index < -0.39 is 22.8 Å². The van der Waals surface area contributed by atoms with Gasteiger partial charge in [0.25, 0.3) is 0 Å². The van der Waals surface area contributed by atoms with Crippen LogP contribution >= 0.6 is 34.9 Å². The Morgan fingerprint density at radius 2 is 1.91 bits per heavy atom. The van der Waals surface area contributed by atoms with Gasteiger partial charge in [-0.15, -0.1) is 23.1 Å². The third-order valence-electron chi connectivity index (χ3n) is 5.84. The van der Waals surface area contributed by atoms with Gasteiger partial charge in [-0.05, 0) is 24.6 Å². The zero-order valence-corrected chi connectivity index (χ0v) is 20.1. The number of amides is 2. The molecule has 0 spiro atoms. The van der Waals surface area contributed by atoms with E-state index in [1.807, 2.05) is 61.5 Å². The van der Waals surface area contributed by atoms with Crippen LogP contribution < -0.4 is 5.32 Å². The number of carboxylic acid groups (broad SMARTS) is 1. The standard InChI is InChI=1S/C23H21N3O4S3/c1-23(12-31-22-24-14-9-5-6-10-15(14)32-22)18(21(29)30)26-19(28)17(20(26)33-23)25-16(27)11-13-7-3-2-4-8-13/h2-10,17-18,20H,11-12H2,1H3,(H,25,27)(H,29,30). The van der Waals surface area contributed by atoms with E-state index in [4.69, 9.17) is 0 Å². The molecule has 7 nitrogen and oxygen atoms in total. The molecule has 2 amide bonds. The number of carboxylic acids is 1. The average Bonchev–Trinajstić information content (AvgIpc) is 3.34. The summed E-state index contributed by atoms with van der Waals surface area (Å²) in [7, 11) is 0. The van der Waals surface area contributed by atoms with Crippen molar-refractivity contribution in [1.82, 2.24) is 15.2 Å². The molecule has 0 radical (unpaired) electrons. The first-order valence-electron chi connectivity index (χ1n) is 10.4. The molecule has 33 heavy (non-hydrogen) atoms. The molecule has 0 bridgehead atoms. The van der Waals surface area contributed by atoms with E-state index in [0.717, 1.165) is 20.1 Å². The number of para-hydroxylation sites is 1. The van der Waals surface area contributed by atoms with Crippen molar-refractivity contribution in [2.24, 2.45) is 0 Å². The maximum atomic E-state index is 12.8. The number of thioether (sulfide) groups is 2. The number of carbonyl (C=O) groups excluding carboxylic acids is 2. The fourth-order valence-electron chi connectivity index (χ4n) is 4.27. The molecule has 10 heteroatoms. The van der Waals surface area contributed by atoms with Gasteiger partial charge in [-0.2, -0.15) is 0 Å². The highest BCUT2D eigenvalue weighted by Gasteiger charge is 2.65. The lowest BCUT2D eigenvalue weighted by Crippen LogP contribution is -2.70. The first kappa shape index (κ1) is 22.2. The summed E-state index contributed by atoms with van der Waals surface area (Å²) in [6.07, 6.45) is 0.176. The summed E-state index contributed by atoms with van der Waals surface area (Å²) in [5.74, 6) is -1.13. The van der Waals surface area contributed by atoms with E-state index in [9.17, 15) is 19.5 Å². The fraction of sp³-hybridized carbons (Fsp3) is 0.304. The number of benzene rings is 2. The molecule has 2 aliphatic heterocycles. The van der Waals surface area contributed by atoms with Gasteiger partial charge in [-0.25, -0.2) is 9.78 Å². The predicted molar refractivity (Wildman–Crippen MR) is 130 cm³/mol. The largest absolute Gasteiger partial charge is 0.480 e. The number of hydrogen-bond donors (Lipinski definition) is 2. The van der Waals surface area contributed by atoms with E-state index in [0.29, 0.717) is 5.75 Å². The van der Waals surface area contributed by atoms with Gasteiger partial charge in [0.1, 0.15) is 17.5 Å². The van der Waals surface area contributed by atoms with Crippen molar-refractivity contribution in [2.45, 2.75) is 39.9 Å². The zero-order valence-electron chi connectivity index (χ0n) is 17.6. The van der Waals surface area contributed by atoms with Gasteiger partial charge in [0.15, 0.2) is 4.34 Å². The van der Waals surface area contributed by atoms with Crippen LogP contribution in [0.25, 0.3) is 10.2 Å². The van der Waals surface area contributed by atoms with Crippen molar-refractivity contribution < 1.29 is 19.5 Å². The van der Waals surface area contributed by atoms with Gasteiger partial charge in [0, 0.05) is 5.75 Å². The van der Waals surface area contributed by atoms with Crippen LogP contribution in [-0.4, -0.2) is 60.7 Å². The number of aliphatic carboxylic acids is 1. The quantitative estimate of drug-likeness (QED) is 0.380. The average molecular weight is 500 g/mol. The van der Waals surface area contributed by atoms with E-state index in [2.05, 4.69) is 10.3 Å². The van der Waals surface area contributed by atoms with E-state index in [-0.39, 0.29) is 23.6 Å². The van der Waals surface area contributed by atoms with Crippen LogP contribution in [-0.2, 0) is 20.8 Å². The van der Waals surface area contributed by atoms with E-state index in [1.54, 1.807) is 11.3 Å². The van der Waals surface area contributed by atoms with Crippen LogP contribution in [0.1, 0.15) is 12.5 Å². The lowest BCUT2D eigenvalue weighted by Gasteiger charge is -2.43. The summed E-state index contributed by atoms with van der Waals surface area (Å²) in [5, 5.41) is 12.4. The maximum absolute atomic E-state index is 12.8. The van der Waals surface area contributed by atoms with Gasteiger partial charge in [-0.1, -0.05) is 54.2 Å². The van der Waals surface area contributed by atoms with Crippen molar-refractivity contribution in [3.8, 4) is 0 Å². The Balaban J connectivity index is 1.28. The molecule has 3 heterocycles. The number of nitrogens with one attached hydrogen (secondary N) is 1. The Kier molecular flexibility index (Phi) is 5.84. The molecule has 2 N–H and O–H groups in total. The van der Waals surface area contributed by atoms with Crippen LogP contribution in [0.4, 0.5) is 0 Å². The lowest BCUT2D eigenvalue weighted by atomic mass is 9.95. The summed E-state index contributed by atoms with van der Waals surface area (Å²) in [4.78, 5) is 43.5. The molecule has 4 atom stereocenters. The smallest absolute Gasteiger partial charge is 0.327 e. The number of β-lactam (4-membered cyclic amide) rings is 1. The molecule has 4 unspecified atom stereocenters. The molecule has 2 fully saturated rings. The monoisotopic (exact) mass is 499 g/mol. The molecule has 0 saturated carbocycles. The Bertz CT molecular complexity index is 1200. The van der Waals surface area contributed by atoms with Crippen molar-refractivity contribution in [2.75, 3.05) is 5.75 Å². The molecular formula is C23H21N3O4S3. The number of thiazole rings is 1. The second-order valence-electron chi connectivity index (χ2n) is 8.25. The molecule has 2 aromatic carbocycles. The van der Waals surface area contributed by atoms with Gasteiger partial charge in [0.2, 0.25) is 11.8 Å². The first-order valence-corrected chi connectivity index (χ1v) is 13.1. The Labute approximate surface area is 203 Å². The molecule has 2 saturated heterocycles. The highest BCUT2D eigenvalue weighted by Crippen LogP contribution is 2.53. The lowest BCUT2D eigenvalue weighted by molar-refractivity contribution is -0.161. The number of carbonyl (C=O) groups is 3. The van der Waals surface area contributed by atoms with E-state index in [1.165, 1.54) is 28.4 Å². The predicted octanol–water partition coefficient (Wildman–Crippen LogP) is 3.24. The number of fused-ring (bicyclic) bond motifs is 2. The number of rotatable bonds is 7. The first-order chi connectivity index (χ1) is 15.9. The van der Waals surface area contributed by atoms with Gasteiger partial charge in [-0.3, -0.25) is 9.59 Å². The molecule has 0 aliphatic carbocycles. The van der Waals surface area contributed by atoms with Crippen LogP contribution in [0, 0.1) is 0 Å². The molecule has 3 aromatic rings. The summed E-state index contributed by atoms with van der Waals surface area (Å²) in [6, 6.07) is 15.5. The highest BCUT2D eigenvalue weighted by molar-refractivity contribution is 8.05. The molecule has 5 rings (SSSR count). The zero-order chi connectivity index (χ0) is 23.2. The van der Waals surface area contributed by atoms with Crippen molar-refractivity contribution in [1.29, 1.82) is 0 Å². The molecular weight excluding hydrogens is 478 g/mol. The molecule has 2 aliphatic rings. The van der Waals surface area contributed by atoms with E-state index >= 15 is 0 Å². The second-order valence-corrected chi connectivity index (χ2v) is 12.2. The SMILES string of the molecule is CC1(CSc2nc3ccccc3s2)SC2C(NC(=O)Cc3ccccc3)C(=O)N2C1C(=O)O. The number of nitrogens with zero attached hydrogens (tertiary/aromatic N) is 2. The number of aromatic nitrogens is 1. The third kappa shape index (κ3) is 4.11. The molecule has 170 valence electrons. The Morgan fingerprint density at radius 1 is 1.18 bits per heavy atom. The van der Waals surface area contributed by atoms with Gasteiger partial charge >= 0.3 is 5.97 Å². The summed E-state index contributed by atoms with van der Waals surface area (Å²) < 4.78 is 1.24. The van der Waals surface area contributed by atoms with Gasteiger partial charge in [0.05, 0.1) is 21.4 Å². The summed E-state index contributed by atoms with van der Waals surface area (Å²) in [5.41, 5.74) is 1.78. The topological polar surface area (TPSA) is 99.6 Å². The van der Waals surface area contributed by atoms with Crippen molar-refractivity contribution in [3.63, 3.8) is 0 Å². The Morgan fingerprint density at radius 3 is 2.64 bits per heavy atom. The minimum absolute atomic E-state index is 0.176. The number of hydrogen-bond acceptors (Lipinski definition) is 7. The van der Waals surface area contributed by atoms with Crippen LogP contribution in [0.2, 0.25) is 0 Å². The van der Waals surface area contributed by atoms with Crippen molar-refractivity contribution in [3.05, 3.63) is 60.2 Å². The highest BCUT2D eigenvalue weighted by atomic mass is 32.2. The van der Waals surface area contributed by atoms with Crippen LogP contribution in [0.5, 0.6) is 0 Å². The third-order valence-corrected chi connectivity index (χ3v) is 10.2. The minimum atomic E-state index is -1.03. The second kappa shape index (κ2) is 8.66. The maximum Gasteiger partial charge on any atom is 0.327 e. The van der Waals surface area contributed by atoms with Gasteiger partial charge < -0.3 is 15.3 Å². The minimum Gasteiger partial charge on any atom is -0.480 e. The molecule has 1 aromatic heterocycles. The Hall–Kier alpha value is -2.56. The van der Waals surface area contributed by atoms with Crippen LogP contribution in [0.15, 0.2) is 58.9 Å². The normalized spacial score (nSPS) is 26.2. The summed E-state index contributed by atoms with van der Waals surface area (Å²) >= 11 is 4.54. The summed E-state index contributed by atoms with van der Waals surface area (Å²) in [6.45, 7) is 1.88. The van der Waals surface area contributed by atoms with Crippen LogP contribution in [0.3, 0.4) is 0 Å². The fourth-order valence-corrected chi connectivity index (χ4v) is 8.38.